The molecule has 1 fully saturated rings. The molecule has 2 heterocycles. The first-order valence-electron chi connectivity index (χ1n) is 10.2. The van der Waals surface area contributed by atoms with Crippen molar-refractivity contribution in [3.8, 4) is 11.1 Å². The average Bonchev–Trinajstić information content (AvgIpc) is 3.06. The summed E-state index contributed by atoms with van der Waals surface area (Å²) in [6.45, 7) is 5.76. The van der Waals surface area contributed by atoms with Crippen LogP contribution in [0.5, 0.6) is 0 Å². The third-order valence-electron chi connectivity index (χ3n) is 5.75. The highest BCUT2D eigenvalue weighted by molar-refractivity contribution is 7.19. The third kappa shape index (κ3) is 3.86. The number of aryl methyl sites for hydroxylation is 2. The molecule has 0 unspecified atom stereocenters. The molecule has 0 spiro atoms. The number of ether oxygens (including phenoxy) is 1. The fourth-order valence-corrected chi connectivity index (χ4v) is 5.02. The van der Waals surface area contributed by atoms with Gasteiger partial charge in [0.05, 0.1) is 11.7 Å². The summed E-state index contributed by atoms with van der Waals surface area (Å²) in [6, 6.07) is 7.43. The summed E-state index contributed by atoms with van der Waals surface area (Å²) in [4.78, 5) is 32.3. The number of carbonyl (C=O) groups excluding carboxylic acids is 1. The van der Waals surface area contributed by atoms with Crippen molar-refractivity contribution in [2.45, 2.75) is 65.0 Å². The number of aromatic nitrogens is 2. The lowest BCUT2D eigenvalue weighted by Crippen LogP contribution is -2.32. The van der Waals surface area contributed by atoms with Gasteiger partial charge < -0.3 is 4.74 Å². The van der Waals surface area contributed by atoms with E-state index in [9.17, 15) is 9.59 Å². The van der Waals surface area contributed by atoms with Gasteiger partial charge in [-0.2, -0.15) is 0 Å². The van der Waals surface area contributed by atoms with Crippen molar-refractivity contribution in [3.63, 3.8) is 0 Å². The van der Waals surface area contributed by atoms with Crippen LogP contribution in [0.2, 0.25) is 0 Å². The number of esters is 1. The number of hydrogen-bond donors (Lipinski definition) is 0. The zero-order valence-corrected chi connectivity index (χ0v) is 17.9. The number of thiophene rings is 1. The molecule has 5 nitrogen and oxygen atoms in total. The van der Waals surface area contributed by atoms with Gasteiger partial charge in [-0.05, 0) is 52.0 Å². The molecule has 152 valence electrons. The van der Waals surface area contributed by atoms with Crippen LogP contribution < -0.4 is 5.56 Å². The highest BCUT2D eigenvalue weighted by atomic mass is 32.1. The first kappa shape index (κ1) is 19.8. The third-order valence-corrected chi connectivity index (χ3v) is 6.76. The smallest absolute Gasteiger partial charge is 0.329 e. The lowest BCUT2D eigenvalue weighted by Gasteiger charge is -2.24. The molecule has 1 atom stereocenters. The van der Waals surface area contributed by atoms with E-state index in [1.54, 1.807) is 6.92 Å². The van der Waals surface area contributed by atoms with E-state index in [1.165, 1.54) is 34.2 Å². The van der Waals surface area contributed by atoms with Crippen molar-refractivity contribution in [2.24, 2.45) is 0 Å². The van der Waals surface area contributed by atoms with E-state index in [-0.39, 0.29) is 17.6 Å². The van der Waals surface area contributed by atoms with Crippen molar-refractivity contribution in [3.05, 3.63) is 51.4 Å². The van der Waals surface area contributed by atoms with E-state index >= 15 is 0 Å². The Morgan fingerprint density at radius 3 is 2.55 bits per heavy atom. The quantitative estimate of drug-likeness (QED) is 0.556. The summed E-state index contributed by atoms with van der Waals surface area (Å²) >= 11 is 1.51. The molecule has 2 aromatic heterocycles. The van der Waals surface area contributed by atoms with Crippen LogP contribution in [0.25, 0.3) is 21.3 Å². The number of benzene rings is 1. The molecule has 0 saturated heterocycles. The van der Waals surface area contributed by atoms with Gasteiger partial charge in [-0.15, -0.1) is 11.3 Å². The van der Waals surface area contributed by atoms with Crippen LogP contribution >= 0.6 is 11.3 Å². The van der Waals surface area contributed by atoms with E-state index < -0.39 is 6.04 Å². The first-order chi connectivity index (χ1) is 14.0. The lowest BCUT2D eigenvalue weighted by molar-refractivity contribution is -0.154. The van der Waals surface area contributed by atoms with Gasteiger partial charge in [0.15, 0.2) is 0 Å². The molecule has 0 radical (unpaired) electrons. The first-order valence-corrected chi connectivity index (χ1v) is 11.0. The largest absolute Gasteiger partial charge is 0.461 e. The standard InChI is InChI=1S/C23H26N2O3S/c1-14-9-11-17(12-10-14)19-16(3)29-21-20(19)22(26)25(13-24-21)15(2)23(27)28-18-7-5-4-6-8-18/h9-13,15,18H,4-8H2,1-3H3/t15-/m0/s1. The summed E-state index contributed by atoms with van der Waals surface area (Å²) < 4.78 is 7.10. The maximum Gasteiger partial charge on any atom is 0.329 e. The summed E-state index contributed by atoms with van der Waals surface area (Å²) in [6.07, 6.45) is 6.65. The second-order valence-electron chi connectivity index (χ2n) is 7.91. The van der Waals surface area contributed by atoms with Crippen molar-refractivity contribution >= 4 is 27.5 Å². The van der Waals surface area contributed by atoms with Gasteiger partial charge in [0.25, 0.3) is 5.56 Å². The van der Waals surface area contributed by atoms with Gasteiger partial charge in [-0.1, -0.05) is 36.2 Å². The van der Waals surface area contributed by atoms with Gasteiger partial charge >= 0.3 is 5.97 Å². The van der Waals surface area contributed by atoms with Crippen molar-refractivity contribution in [2.75, 3.05) is 0 Å². The van der Waals surface area contributed by atoms with Crippen LogP contribution in [0.15, 0.2) is 35.4 Å². The Hall–Kier alpha value is -2.47. The Labute approximate surface area is 174 Å². The van der Waals surface area contributed by atoms with Crippen LogP contribution in [0, 0.1) is 13.8 Å². The topological polar surface area (TPSA) is 61.2 Å². The maximum absolute atomic E-state index is 13.4. The Balaban J connectivity index is 1.71. The maximum atomic E-state index is 13.4. The normalized spacial score (nSPS) is 16.1. The van der Waals surface area contributed by atoms with Crippen molar-refractivity contribution < 1.29 is 9.53 Å². The Morgan fingerprint density at radius 2 is 1.86 bits per heavy atom. The Kier molecular flexibility index (Phi) is 5.54. The molecule has 0 N–H and O–H groups in total. The van der Waals surface area contributed by atoms with E-state index in [1.807, 2.05) is 38.1 Å². The molecule has 4 rings (SSSR count). The van der Waals surface area contributed by atoms with E-state index in [0.29, 0.717) is 10.2 Å². The summed E-state index contributed by atoms with van der Waals surface area (Å²) in [5, 5.41) is 0.580. The van der Waals surface area contributed by atoms with Crippen LogP contribution in [0.3, 0.4) is 0 Å². The predicted octanol–water partition coefficient (Wildman–Crippen LogP) is 5.18. The summed E-state index contributed by atoms with van der Waals surface area (Å²) in [7, 11) is 0. The Bertz CT molecular complexity index is 1090. The number of rotatable bonds is 4. The zero-order valence-electron chi connectivity index (χ0n) is 17.1. The molecule has 0 amide bonds. The molecule has 1 aliphatic carbocycles. The number of carbonyl (C=O) groups is 1. The molecule has 0 aliphatic heterocycles. The minimum atomic E-state index is -0.701. The minimum Gasteiger partial charge on any atom is -0.461 e. The molecule has 1 aromatic carbocycles. The molecule has 3 aromatic rings. The van der Waals surface area contributed by atoms with Gasteiger partial charge in [-0.3, -0.25) is 9.36 Å². The lowest BCUT2D eigenvalue weighted by atomic mass is 9.98. The second kappa shape index (κ2) is 8.11. The van der Waals surface area contributed by atoms with Crippen molar-refractivity contribution in [1.29, 1.82) is 0 Å². The fourth-order valence-electron chi connectivity index (χ4n) is 4.02. The molecule has 1 saturated carbocycles. The number of fused-ring (bicyclic) bond motifs is 1. The molecular weight excluding hydrogens is 384 g/mol. The molecule has 29 heavy (non-hydrogen) atoms. The number of hydrogen-bond acceptors (Lipinski definition) is 5. The summed E-state index contributed by atoms with van der Waals surface area (Å²) in [5.41, 5.74) is 2.88. The SMILES string of the molecule is Cc1ccc(-c2c(C)sc3ncn([C@@H](C)C(=O)OC4CCCCC4)c(=O)c23)cc1. The monoisotopic (exact) mass is 410 g/mol. The van der Waals surface area contributed by atoms with Gasteiger partial charge in [0, 0.05) is 10.4 Å². The van der Waals surface area contributed by atoms with Gasteiger partial charge in [0.2, 0.25) is 0 Å². The molecule has 0 bridgehead atoms. The molecular formula is C23H26N2O3S. The van der Waals surface area contributed by atoms with Gasteiger partial charge in [-0.25, -0.2) is 9.78 Å². The van der Waals surface area contributed by atoms with Crippen LogP contribution in [-0.2, 0) is 9.53 Å². The van der Waals surface area contributed by atoms with Crippen LogP contribution in [0.4, 0.5) is 0 Å². The van der Waals surface area contributed by atoms with Crippen LogP contribution in [0.1, 0.15) is 55.5 Å². The van der Waals surface area contributed by atoms with E-state index in [4.69, 9.17) is 4.74 Å². The Morgan fingerprint density at radius 1 is 1.17 bits per heavy atom. The van der Waals surface area contributed by atoms with Gasteiger partial charge in [0.1, 0.15) is 17.0 Å². The second-order valence-corrected chi connectivity index (χ2v) is 9.11. The minimum absolute atomic E-state index is 0.0300. The van der Waals surface area contributed by atoms with Crippen LogP contribution in [-0.4, -0.2) is 21.6 Å². The predicted molar refractivity (Wildman–Crippen MR) is 116 cm³/mol. The van der Waals surface area contributed by atoms with Crippen molar-refractivity contribution in [1.82, 2.24) is 9.55 Å². The number of nitrogens with zero attached hydrogens (tertiary/aromatic N) is 2. The highest BCUT2D eigenvalue weighted by Crippen LogP contribution is 2.35. The zero-order chi connectivity index (χ0) is 20.5. The highest BCUT2D eigenvalue weighted by Gasteiger charge is 2.25. The summed E-state index contributed by atoms with van der Waals surface area (Å²) in [5.74, 6) is -0.357. The molecule has 6 heteroatoms. The van der Waals surface area contributed by atoms with E-state index in [0.717, 1.165) is 41.7 Å². The average molecular weight is 411 g/mol. The molecule has 1 aliphatic rings. The fraction of sp³-hybridized carbons (Fsp3) is 0.435. The van der Waals surface area contributed by atoms with E-state index in [2.05, 4.69) is 4.98 Å².